The van der Waals surface area contributed by atoms with E-state index in [1.165, 1.54) is 0 Å². The highest BCUT2D eigenvalue weighted by atomic mass is 19.1. The highest BCUT2D eigenvalue weighted by Crippen LogP contribution is 2.19. The zero-order valence-corrected chi connectivity index (χ0v) is 11.8. The van der Waals surface area contributed by atoms with Crippen LogP contribution in [-0.2, 0) is 0 Å². The van der Waals surface area contributed by atoms with Crippen molar-refractivity contribution in [3.8, 4) is 5.75 Å². The summed E-state index contributed by atoms with van der Waals surface area (Å²) in [5.74, 6) is -1.25. The fraction of sp³-hybridized carbons (Fsp3) is 0.188. The number of rotatable bonds is 5. The summed E-state index contributed by atoms with van der Waals surface area (Å²) in [6.07, 6.45) is 0. The minimum absolute atomic E-state index is 0.00508. The summed E-state index contributed by atoms with van der Waals surface area (Å²) >= 11 is 0. The first-order chi connectivity index (χ1) is 10.0. The third kappa shape index (κ3) is 3.56. The summed E-state index contributed by atoms with van der Waals surface area (Å²) in [7, 11) is 3.29. The molecule has 2 aromatic rings. The molecule has 3 nitrogen and oxygen atoms in total. The summed E-state index contributed by atoms with van der Waals surface area (Å²) in [4.78, 5) is 13.7. The molecule has 0 spiro atoms. The lowest BCUT2D eigenvalue weighted by atomic mass is 10.1. The van der Waals surface area contributed by atoms with Gasteiger partial charge in [0.15, 0.2) is 5.78 Å². The molecule has 0 unspecified atom stereocenters. The Morgan fingerprint density at radius 2 is 1.81 bits per heavy atom. The molecule has 110 valence electrons. The smallest absolute Gasteiger partial charge is 0.185 e. The molecule has 0 N–H and O–H groups in total. The molecule has 0 radical (unpaired) electrons. The number of carbonyl (C=O) groups excluding carboxylic acids is 1. The Hall–Kier alpha value is -2.43. The summed E-state index contributed by atoms with van der Waals surface area (Å²) in [6, 6.07) is 10.1. The van der Waals surface area contributed by atoms with Crippen molar-refractivity contribution in [2.75, 3.05) is 25.6 Å². The number of hydrogen-bond donors (Lipinski definition) is 0. The van der Waals surface area contributed by atoms with Crippen molar-refractivity contribution < 1.29 is 18.3 Å². The van der Waals surface area contributed by atoms with Crippen LogP contribution in [0.1, 0.15) is 10.4 Å². The SMILES string of the molecule is COc1ccc(N(C)CC(=O)c2ccc(F)cc2F)cc1. The number of anilines is 1. The Morgan fingerprint density at radius 3 is 2.38 bits per heavy atom. The molecule has 0 amide bonds. The van der Waals surface area contributed by atoms with Gasteiger partial charge in [-0.25, -0.2) is 8.78 Å². The first-order valence-electron chi connectivity index (χ1n) is 6.34. The van der Waals surface area contributed by atoms with Crippen molar-refractivity contribution in [2.45, 2.75) is 0 Å². The number of ketones is 1. The number of likely N-dealkylation sites (N-methyl/N-ethyl adjacent to an activating group) is 1. The largest absolute Gasteiger partial charge is 0.497 e. The van der Waals surface area contributed by atoms with Crippen LogP contribution in [0, 0.1) is 11.6 Å². The molecule has 0 aliphatic rings. The van der Waals surface area contributed by atoms with Gasteiger partial charge in [-0.1, -0.05) is 0 Å². The van der Waals surface area contributed by atoms with Crippen molar-refractivity contribution in [1.82, 2.24) is 0 Å². The maximum atomic E-state index is 13.6. The van der Waals surface area contributed by atoms with E-state index < -0.39 is 17.4 Å². The quantitative estimate of drug-likeness (QED) is 0.792. The minimum Gasteiger partial charge on any atom is -0.497 e. The Kier molecular flexibility index (Phi) is 4.52. The molecule has 0 heterocycles. The standard InChI is InChI=1S/C16H15F2NO2/c1-19(12-4-6-13(21-2)7-5-12)10-16(20)14-8-3-11(17)9-15(14)18/h3-9H,10H2,1-2H3. The van der Waals surface area contributed by atoms with E-state index >= 15 is 0 Å². The molecule has 0 aliphatic heterocycles. The molecular weight excluding hydrogens is 276 g/mol. The third-order valence-electron chi connectivity index (χ3n) is 3.13. The van der Waals surface area contributed by atoms with Gasteiger partial charge in [0.1, 0.15) is 17.4 Å². The van der Waals surface area contributed by atoms with Crippen molar-refractivity contribution >= 4 is 11.5 Å². The number of ether oxygens (including phenoxy) is 1. The highest BCUT2D eigenvalue weighted by molar-refractivity contribution is 5.99. The van der Waals surface area contributed by atoms with Crippen molar-refractivity contribution in [3.63, 3.8) is 0 Å². The van der Waals surface area contributed by atoms with Gasteiger partial charge in [0.05, 0.1) is 19.2 Å². The summed E-state index contributed by atoms with van der Waals surface area (Å²) in [5.41, 5.74) is 0.684. The van der Waals surface area contributed by atoms with Crippen LogP contribution in [0.25, 0.3) is 0 Å². The molecule has 2 rings (SSSR count). The van der Waals surface area contributed by atoms with Gasteiger partial charge in [0.2, 0.25) is 0 Å². The first-order valence-corrected chi connectivity index (χ1v) is 6.34. The van der Waals surface area contributed by atoms with Crippen LogP contribution in [0.15, 0.2) is 42.5 Å². The Labute approximate surface area is 121 Å². The Balaban J connectivity index is 2.10. The van der Waals surface area contributed by atoms with Crippen LogP contribution in [0.2, 0.25) is 0 Å². The van der Waals surface area contributed by atoms with Crippen LogP contribution in [0.5, 0.6) is 5.75 Å². The number of nitrogens with zero attached hydrogens (tertiary/aromatic N) is 1. The fourth-order valence-corrected chi connectivity index (χ4v) is 1.94. The van der Waals surface area contributed by atoms with E-state index in [4.69, 9.17) is 4.74 Å². The summed E-state index contributed by atoms with van der Waals surface area (Å²) < 4.78 is 31.4. The van der Waals surface area contributed by atoms with Gasteiger partial charge in [0.25, 0.3) is 0 Å². The van der Waals surface area contributed by atoms with Gasteiger partial charge in [0, 0.05) is 18.8 Å². The topological polar surface area (TPSA) is 29.5 Å². The molecule has 5 heteroatoms. The second kappa shape index (κ2) is 6.35. The normalized spacial score (nSPS) is 10.3. The molecule has 21 heavy (non-hydrogen) atoms. The number of benzene rings is 2. The van der Waals surface area contributed by atoms with E-state index in [2.05, 4.69) is 0 Å². The predicted molar refractivity (Wildman–Crippen MR) is 77.0 cm³/mol. The second-order valence-corrected chi connectivity index (χ2v) is 4.60. The molecule has 2 aromatic carbocycles. The lowest BCUT2D eigenvalue weighted by Crippen LogP contribution is -2.26. The van der Waals surface area contributed by atoms with E-state index in [1.807, 2.05) is 0 Å². The van der Waals surface area contributed by atoms with Crippen LogP contribution >= 0.6 is 0 Å². The second-order valence-electron chi connectivity index (χ2n) is 4.60. The molecule has 0 fully saturated rings. The average molecular weight is 291 g/mol. The predicted octanol–water partition coefficient (Wildman–Crippen LogP) is 3.29. The lowest BCUT2D eigenvalue weighted by Gasteiger charge is -2.18. The maximum absolute atomic E-state index is 13.6. The average Bonchev–Trinajstić information content (AvgIpc) is 2.47. The molecule has 0 aromatic heterocycles. The third-order valence-corrected chi connectivity index (χ3v) is 3.13. The zero-order valence-electron chi connectivity index (χ0n) is 11.8. The van der Waals surface area contributed by atoms with Crippen LogP contribution in [0.3, 0.4) is 0 Å². The van der Waals surface area contributed by atoms with Gasteiger partial charge in [-0.15, -0.1) is 0 Å². The van der Waals surface area contributed by atoms with E-state index in [9.17, 15) is 13.6 Å². The van der Waals surface area contributed by atoms with Gasteiger partial charge >= 0.3 is 0 Å². The number of methoxy groups -OCH3 is 1. The van der Waals surface area contributed by atoms with Crippen molar-refractivity contribution in [2.24, 2.45) is 0 Å². The van der Waals surface area contributed by atoms with Crippen LogP contribution < -0.4 is 9.64 Å². The molecule has 0 saturated carbocycles. The Bertz CT molecular complexity index is 641. The molecule has 0 bridgehead atoms. The van der Waals surface area contributed by atoms with Crippen LogP contribution in [-0.4, -0.2) is 26.5 Å². The van der Waals surface area contributed by atoms with E-state index in [0.29, 0.717) is 11.8 Å². The van der Waals surface area contributed by atoms with Gasteiger partial charge in [-0.3, -0.25) is 4.79 Å². The van der Waals surface area contributed by atoms with E-state index in [-0.39, 0.29) is 12.1 Å². The van der Waals surface area contributed by atoms with Gasteiger partial charge in [-0.2, -0.15) is 0 Å². The lowest BCUT2D eigenvalue weighted by molar-refractivity contribution is 0.0996. The molecule has 0 atom stereocenters. The molecule has 0 aliphatic carbocycles. The maximum Gasteiger partial charge on any atom is 0.185 e. The molecule has 0 saturated heterocycles. The minimum atomic E-state index is -0.844. The Morgan fingerprint density at radius 1 is 1.14 bits per heavy atom. The van der Waals surface area contributed by atoms with Crippen molar-refractivity contribution in [3.05, 3.63) is 59.7 Å². The van der Waals surface area contributed by atoms with Gasteiger partial charge in [-0.05, 0) is 36.4 Å². The number of carbonyl (C=O) groups is 1. The fourth-order valence-electron chi connectivity index (χ4n) is 1.94. The monoisotopic (exact) mass is 291 g/mol. The van der Waals surface area contributed by atoms with Crippen molar-refractivity contribution in [1.29, 1.82) is 0 Å². The summed E-state index contributed by atoms with van der Waals surface area (Å²) in [5, 5.41) is 0. The zero-order chi connectivity index (χ0) is 15.4. The van der Waals surface area contributed by atoms with Crippen LogP contribution in [0.4, 0.5) is 14.5 Å². The number of Topliss-reactive ketones (excluding diaryl/α,β-unsaturated/α-hetero) is 1. The van der Waals surface area contributed by atoms with E-state index in [1.54, 1.807) is 43.3 Å². The van der Waals surface area contributed by atoms with E-state index in [0.717, 1.165) is 17.8 Å². The number of halogens is 2. The summed E-state index contributed by atoms with van der Waals surface area (Å²) in [6.45, 7) is -0.00508. The number of hydrogen-bond acceptors (Lipinski definition) is 3. The molecular formula is C16H15F2NO2. The highest BCUT2D eigenvalue weighted by Gasteiger charge is 2.15. The van der Waals surface area contributed by atoms with Gasteiger partial charge < -0.3 is 9.64 Å². The first kappa shape index (κ1) is 15.0.